The second kappa shape index (κ2) is 12.0. The van der Waals surface area contributed by atoms with Gasteiger partial charge in [-0.1, -0.05) is 38.1 Å². The Balaban J connectivity index is 1.88. The normalized spacial score (nSPS) is 10.8. The molecule has 7 nitrogen and oxygen atoms in total. The van der Waals surface area contributed by atoms with Crippen molar-refractivity contribution < 1.29 is 33.9 Å². The lowest BCUT2D eigenvalue weighted by molar-refractivity contribution is -0.426. The molecule has 0 amide bonds. The van der Waals surface area contributed by atoms with E-state index in [1.165, 1.54) is 0 Å². The van der Waals surface area contributed by atoms with Gasteiger partial charge >= 0.3 is 11.9 Å². The molecule has 0 saturated carbocycles. The van der Waals surface area contributed by atoms with Gasteiger partial charge in [-0.3, -0.25) is 9.78 Å². The summed E-state index contributed by atoms with van der Waals surface area (Å²) in [4.78, 5) is 43.7. The molecule has 0 heterocycles. The average Bonchev–Trinajstić information content (AvgIpc) is 2.78. The molecule has 7 heteroatoms. The Bertz CT molecular complexity index is 705. The van der Waals surface area contributed by atoms with Crippen LogP contribution in [0.4, 0.5) is 0 Å². The molecule has 0 aliphatic rings. The van der Waals surface area contributed by atoms with Crippen LogP contribution < -0.4 is 0 Å². The fraction of sp³-hybridized carbons (Fsp3) is 0.364. The highest BCUT2D eigenvalue weighted by molar-refractivity contribution is 5.89. The standard InChI is InChI=1S/C22H26O7/c1-4-16-7-11-18(12-8-16)21(23)28-26-20(15-25-6-3)27-29-22(24)19-13-9-17(5-2)10-14-19/h7-14,20H,4-6,15H2,1-3H3. The first-order valence-electron chi connectivity index (χ1n) is 9.58. The molecule has 0 bridgehead atoms. The maximum atomic E-state index is 12.1. The predicted octanol–water partition coefficient (Wildman–Crippen LogP) is 4.05. The van der Waals surface area contributed by atoms with E-state index in [4.69, 9.17) is 24.3 Å². The van der Waals surface area contributed by atoms with E-state index in [1.807, 2.05) is 38.1 Å². The number of rotatable bonds is 11. The van der Waals surface area contributed by atoms with Crippen LogP contribution in [0, 0.1) is 0 Å². The summed E-state index contributed by atoms with van der Waals surface area (Å²) in [6, 6.07) is 13.9. The van der Waals surface area contributed by atoms with Crippen LogP contribution in [0.1, 0.15) is 52.6 Å². The second-order valence-corrected chi connectivity index (χ2v) is 6.12. The SMILES string of the molecule is CCOCC(OOC(=O)c1ccc(CC)cc1)OOC(=O)c1ccc(CC)cc1. The highest BCUT2D eigenvalue weighted by Crippen LogP contribution is 2.10. The summed E-state index contributed by atoms with van der Waals surface area (Å²) >= 11 is 0. The van der Waals surface area contributed by atoms with Gasteiger partial charge in [-0.25, -0.2) is 9.59 Å². The van der Waals surface area contributed by atoms with Crippen LogP contribution in [0.3, 0.4) is 0 Å². The van der Waals surface area contributed by atoms with Crippen LogP contribution in [-0.4, -0.2) is 31.4 Å². The number of hydrogen-bond donors (Lipinski definition) is 0. The van der Waals surface area contributed by atoms with Crippen LogP contribution in [-0.2, 0) is 37.1 Å². The first-order chi connectivity index (χ1) is 14.1. The first-order valence-corrected chi connectivity index (χ1v) is 9.58. The van der Waals surface area contributed by atoms with E-state index >= 15 is 0 Å². The van der Waals surface area contributed by atoms with E-state index in [-0.39, 0.29) is 6.61 Å². The molecule has 0 spiro atoms. The van der Waals surface area contributed by atoms with E-state index in [1.54, 1.807) is 31.2 Å². The van der Waals surface area contributed by atoms with E-state index in [9.17, 15) is 9.59 Å². The van der Waals surface area contributed by atoms with Crippen molar-refractivity contribution in [3.8, 4) is 0 Å². The lowest BCUT2D eigenvalue weighted by Crippen LogP contribution is -2.26. The van der Waals surface area contributed by atoms with Crippen molar-refractivity contribution in [2.75, 3.05) is 13.2 Å². The lowest BCUT2D eigenvalue weighted by Gasteiger charge is -2.15. The number of carbonyl (C=O) groups is 2. The van der Waals surface area contributed by atoms with Gasteiger partial charge in [0.15, 0.2) is 0 Å². The van der Waals surface area contributed by atoms with E-state index < -0.39 is 18.2 Å². The lowest BCUT2D eigenvalue weighted by atomic mass is 10.1. The molecular weight excluding hydrogens is 376 g/mol. The van der Waals surface area contributed by atoms with Crippen molar-refractivity contribution in [2.45, 2.75) is 39.9 Å². The number of benzene rings is 2. The minimum Gasteiger partial charge on any atom is -0.376 e. The second-order valence-electron chi connectivity index (χ2n) is 6.12. The van der Waals surface area contributed by atoms with Gasteiger partial charge in [0.1, 0.15) is 6.61 Å². The fourth-order valence-electron chi connectivity index (χ4n) is 2.33. The third-order valence-electron chi connectivity index (χ3n) is 4.12. The van der Waals surface area contributed by atoms with Crippen molar-refractivity contribution in [3.05, 3.63) is 70.8 Å². The zero-order valence-corrected chi connectivity index (χ0v) is 16.9. The Hall–Kier alpha value is -2.74. The molecule has 2 aromatic rings. The van der Waals surface area contributed by atoms with Gasteiger partial charge in [-0.2, -0.15) is 0 Å². The summed E-state index contributed by atoms with van der Waals surface area (Å²) in [6.45, 7) is 6.10. The molecule has 0 radical (unpaired) electrons. The van der Waals surface area contributed by atoms with Crippen LogP contribution in [0.15, 0.2) is 48.5 Å². The van der Waals surface area contributed by atoms with Gasteiger partial charge in [-0.05, 0) is 55.2 Å². The van der Waals surface area contributed by atoms with Gasteiger partial charge < -0.3 is 4.74 Å². The number of aryl methyl sites for hydroxylation is 2. The van der Waals surface area contributed by atoms with Crippen LogP contribution in [0.25, 0.3) is 0 Å². The van der Waals surface area contributed by atoms with Gasteiger partial charge in [0.2, 0.25) is 0 Å². The summed E-state index contributed by atoms with van der Waals surface area (Å²) in [5.41, 5.74) is 2.84. The minimum atomic E-state index is -1.23. The fourth-order valence-corrected chi connectivity index (χ4v) is 2.33. The molecule has 0 aromatic heterocycles. The van der Waals surface area contributed by atoms with Crippen LogP contribution in [0.5, 0.6) is 0 Å². The Labute approximate surface area is 170 Å². The molecule has 0 fully saturated rings. The largest absolute Gasteiger partial charge is 0.376 e. The first kappa shape index (κ1) is 22.5. The summed E-state index contributed by atoms with van der Waals surface area (Å²) < 4.78 is 5.20. The third-order valence-corrected chi connectivity index (χ3v) is 4.12. The highest BCUT2D eigenvalue weighted by Gasteiger charge is 2.20. The number of ether oxygens (including phenoxy) is 1. The van der Waals surface area contributed by atoms with E-state index in [2.05, 4.69) is 0 Å². The van der Waals surface area contributed by atoms with Crippen molar-refractivity contribution >= 4 is 11.9 Å². The van der Waals surface area contributed by atoms with Gasteiger partial charge in [0, 0.05) is 6.61 Å². The monoisotopic (exact) mass is 402 g/mol. The summed E-state index contributed by atoms with van der Waals surface area (Å²) in [7, 11) is 0. The van der Waals surface area contributed by atoms with Gasteiger partial charge in [-0.15, -0.1) is 9.78 Å². The van der Waals surface area contributed by atoms with Crippen molar-refractivity contribution in [1.29, 1.82) is 0 Å². The maximum Gasteiger partial charge on any atom is 0.373 e. The Morgan fingerprint density at radius 3 is 1.48 bits per heavy atom. The molecule has 0 aliphatic carbocycles. The zero-order chi connectivity index (χ0) is 21.1. The van der Waals surface area contributed by atoms with Gasteiger partial charge in [0.25, 0.3) is 6.29 Å². The summed E-state index contributed by atoms with van der Waals surface area (Å²) in [5, 5.41) is 0. The number of hydrogen-bond acceptors (Lipinski definition) is 7. The molecule has 0 N–H and O–H groups in total. The summed E-state index contributed by atoms with van der Waals surface area (Å²) in [6.07, 6.45) is 0.498. The molecule has 2 aromatic carbocycles. The quantitative estimate of drug-likeness (QED) is 0.319. The smallest absolute Gasteiger partial charge is 0.373 e. The molecular formula is C22H26O7. The molecule has 156 valence electrons. The van der Waals surface area contributed by atoms with Crippen LogP contribution in [0.2, 0.25) is 0 Å². The minimum absolute atomic E-state index is 0.0966. The van der Waals surface area contributed by atoms with E-state index in [0.717, 1.165) is 24.0 Å². The topological polar surface area (TPSA) is 80.3 Å². The van der Waals surface area contributed by atoms with Crippen molar-refractivity contribution in [2.24, 2.45) is 0 Å². The molecule has 0 atom stereocenters. The molecule has 2 rings (SSSR count). The number of carbonyl (C=O) groups excluding carboxylic acids is 2. The predicted molar refractivity (Wildman–Crippen MR) is 105 cm³/mol. The van der Waals surface area contributed by atoms with Gasteiger partial charge in [0.05, 0.1) is 11.1 Å². The van der Waals surface area contributed by atoms with Crippen LogP contribution >= 0.6 is 0 Å². The molecule has 0 saturated heterocycles. The zero-order valence-electron chi connectivity index (χ0n) is 16.9. The Morgan fingerprint density at radius 1 is 0.724 bits per heavy atom. The van der Waals surface area contributed by atoms with Crippen molar-refractivity contribution in [3.63, 3.8) is 0 Å². The summed E-state index contributed by atoms with van der Waals surface area (Å²) in [5.74, 6) is -1.39. The third kappa shape index (κ3) is 7.30. The van der Waals surface area contributed by atoms with Crippen molar-refractivity contribution in [1.82, 2.24) is 0 Å². The maximum absolute atomic E-state index is 12.1. The molecule has 0 unspecified atom stereocenters. The Kier molecular flexibility index (Phi) is 9.30. The van der Waals surface area contributed by atoms with E-state index in [0.29, 0.717) is 17.7 Å². The Morgan fingerprint density at radius 2 is 1.14 bits per heavy atom. The molecule has 0 aliphatic heterocycles. The average molecular weight is 402 g/mol. The highest BCUT2D eigenvalue weighted by atomic mass is 17.3. The molecule has 29 heavy (non-hydrogen) atoms.